The molecule has 5 rings (SSSR count). The molecule has 0 radical (unpaired) electrons. The van der Waals surface area contributed by atoms with E-state index in [1.807, 2.05) is 0 Å². The van der Waals surface area contributed by atoms with Crippen molar-refractivity contribution >= 4 is 22.7 Å². The van der Waals surface area contributed by atoms with E-state index in [0.717, 1.165) is 0 Å². The van der Waals surface area contributed by atoms with Crippen LogP contribution < -0.4 is 10.2 Å². The zero-order valence-electron chi connectivity index (χ0n) is 17.9. The van der Waals surface area contributed by atoms with Gasteiger partial charge in [-0.15, -0.1) is 0 Å². The minimum Gasteiger partial charge on any atom is -0.441 e. The van der Waals surface area contributed by atoms with Crippen molar-refractivity contribution in [2.45, 2.75) is 26.1 Å². The molecule has 0 saturated heterocycles. The van der Waals surface area contributed by atoms with Crippen LogP contribution >= 0.6 is 0 Å². The Bertz CT molecular complexity index is 1370. The Morgan fingerprint density at radius 2 is 2.03 bits per heavy atom. The maximum absolute atomic E-state index is 13.5. The topological polar surface area (TPSA) is 76.2 Å². The third kappa shape index (κ3) is 3.76. The van der Waals surface area contributed by atoms with Crippen molar-refractivity contribution in [3.63, 3.8) is 0 Å². The molecule has 170 valence electrons. The summed E-state index contributed by atoms with van der Waals surface area (Å²) in [5.74, 6) is 0.214. The fourth-order valence-corrected chi connectivity index (χ4v) is 4.11. The molecule has 2 aromatic heterocycles. The van der Waals surface area contributed by atoms with Crippen LogP contribution in [-0.2, 0) is 19.1 Å². The van der Waals surface area contributed by atoms with E-state index in [0.29, 0.717) is 52.6 Å². The van der Waals surface area contributed by atoms with Crippen LogP contribution in [0.4, 0.5) is 18.9 Å². The number of nitrogens with one attached hydrogen (secondary N) is 1. The molecule has 0 fully saturated rings. The molecule has 0 saturated carbocycles. The summed E-state index contributed by atoms with van der Waals surface area (Å²) in [5, 5.41) is 6.85. The van der Waals surface area contributed by atoms with Crippen LogP contribution in [0.3, 0.4) is 0 Å². The number of carbonyl (C=O) groups excluding carboxylic acids is 1. The number of oxazole rings is 1. The van der Waals surface area contributed by atoms with Gasteiger partial charge in [-0.1, -0.05) is 6.07 Å². The van der Waals surface area contributed by atoms with Gasteiger partial charge in [0.05, 0.1) is 11.4 Å². The van der Waals surface area contributed by atoms with E-state index in [9.17, 15) is 18.0 Å². The molecule has 4 aromatic rings. The molecule has 2 aromatic carbocycles. The highest BCUT2D eigenvalue weighted by atomic mass is 19.4. The van der Waals surface area contributed by atoms with E-state index < -0.39 is 11.9 Å². The first-order chi connectivity index (χ1) is 15.7. The fourth-order valence-electron chi connectivity index (χ4n) is 4.11. The van der Waals surface area contributed by atoms with Crippen LogP contribution in [0.5, 0.6) is 0 Å². The molecule has 33 heavy (non-hydrogen) atoms. The summed E-state index contributed by atoms with van der Waals surface area (Å²) in [5.41, 5.74) is 2.36. The maximum Gasteiger partial charge on any atom is 0.435 e. The third-order valence-electron chi connectivity index (χ3n) is 5.71. The van der Waals surface area contributed by atoms with Crippen molar-refractivity contribution in [2.75, 3.05) is 18.5 Å². The van der Waals surface area contributed by atoms with E-state index in [-0.39, 0.29) is 18.0 Å². The van der Waals surface area contributed by atoms with Gasteiger partial charge in [-0.2, -0.15) is 18.3 Å². The number of halogens is 3. The highest BCUT2D eigenvalue weighted by Crippen LogP contribution is 2.35. The van der Waals surface area contributed by atoms with Gasteiger partial charge < -0.3 is 14.6 Å². The number of fused-ring (bicyclic) bond motifs is 2. The standard InChI is InChI=1S/C23H20F3N5O2/c1-13-28-18-7-6-15(11-20(18)33-13)30(2)22(32)14-4-3-5-16(10-14)31-19-8-9-27-12-17(19)21(29-31)23(24,25)26/h3-7,10-11,27H,8-9,12H2,1-2H3. The van der Waals surface area contributed by atoms with Gasteiger partial charge in [0, 0.05) is 56.4 Å². The van der Waals surface area contributed by atoms with Crippen LogP contribution in [-0.4, -0.2) is 34.3 Å². The Kier molecular flexibility index (Phi) is 4.97. The maximum atomic E-state index is 13.5. The van der Waals surface area contributed by atoms with Crippen molar-refractivity contribution in [1.82, 2.24) is 20.1 Å². The first kappa shape index (κ1) is 21.2. The smallest absolute Gasteiger partial charge is 0.435 e. The number of carbonyl (C=O) groups is 1. The number of nitrogens with zero attached hydrogens (tertiary/aromatic N) is 4. The van der Waals surface area contributed by atoms with Crippen molar-refractivity contribution in [2.24, 2.45) is 0 Å². The zero-order valence-corrected chi connectivity index (χ0v) is 17.9. The number of anilines is 1. The lowest BCUT2D eigenvalue weighted by molar-refractivity contribution is -0.142. The number of benzene rings is 2. The van der Waals surface area contributed by atoms with E-state index in [2.05, 4.69) is 15.4 Å². The summed E-state index contributed by atoms with van der Waals surface area (Å²) >= 11 is 0. The molecule has 1 aliphatic heterocycles. The molecule has 1 amide bonds. The number of rotatable bonds is 3. The Morgan fingerprint density at radius 1 is 1.21 bits per heavy atom. The van der Waals surface area contributed by atoms with Crippen molar-refractivity contribution < 1.29 is 22.4 Å². The molecule has 7 nitrogen and oxygen atoms in total. The molecule has 10 heteroatoms. The molecular weight excluding hydrogens is 435 g/mol. The van der Waals surface area contributed by atoms with Gasteiger partial charge in [0.15, 0.2) is 17.2 Å². The van der Waals surface area contributed by atoms with Gasteiger partial charge >= 0.3 is 6.18 Å². The minimum absolute atomic E-state index is 0.106. The van der Waals surface area contributed by atoms with E-state index in [1.54, 1.807) is 56.4 Å². The number of hydrogen-bond acceptors (Lipinski definition) is 5. The first-order valence-electron chi connectivity index (χ1n) is 10.4. The Hall–Kier alpha value is -3.66. The number of alkyl halides is 3. The summed E-state index contributed by atoms with van der Waals surface area (Å²) in [6, 6.07) is 11.7. The second-order valence-electron chi connectivity index (χ2n) is 7.91. The Labute approximate surface area is 186 Å². The normalized spacial score (nSPS) is 13.8. The molecule has 0 aliphatic carbocycles. The number of aromatic nitrogens is 3. The summed E-state index contributed by atoms with van der Waals surface area (Å²) in [4.78, 5) is 18.9. The summed E-state index contributed by atoms with van der Waals surface area (Å²) in [7, 11) is 1.63. The quantitative estimate of drug-likeness (QED) is 0.500. The van der Waals surface area contributed by atoms with E-state index >= 15 is 0 Å². The summed E-state index contributed by atoms with van der Waals surface area (Å²) in [6.07, 6.45) is -4.15. The third-order valence-corrected chi connectivity index (χ3v) is 5.71. The van der Waals surface area contributed by atoms with Crippen LogP contribution in [0.15, 0.2) is 46.9 Å². The molecule has 0 spiro atoms. The van der Waals surface area contributed by atoms with Crippen LogP contribution in [0.25, 0.3) is 16.8 Å². The van der Waals surface area contributed by atoms with Gasteiger partial charge in [-0.3, -0.25) is 4.79 Å². The van der Waals surface area contributed by atoms with Gasteiger partial charge in [-0.05, 0) is 30.3 Å². The molecular formula is C23H20F3N5O2. The molecule has 0 bridgehead atoms. The lowest BCUT2D eigenvalue weighted by atomic mass is 10.1. The van der Waals surface area contributed by atoms with Gasteiger partial charge in [0.2, 0.25) is 0 Å². The molecule has 3 heterocycles. The van der Waals surface area contributed by atoms with Gasteiger partial charge in [-0.25, -0.2) is 9.67 Å². The number of amides is 1. The largest absolute Gasteiger partial charge is 0.441 e. The summed E-state index contributed by atoms with van der Waals surface area (Å²) in [6.45, 7) is 2.41. The lowest BCUT2D eigenvalue weighted by Gasteiger charge is -2.18. The molecule has 0 unspecified atom stereocenters. The predicted molar refractivity (Wildman–Crippen MR) is 115 cm³/mol. The molecule has 0 atom stereocenters. The predicted octanol–water partition coefficient (Wildman–Crippen LogP) is 4.26. The second kappa shape index (κ2) is 7.73. The van der Waals surface area contributed by atoms with Crippen LogP contribution in [0.1, 0.15) is 33.2 Å². The SMILES string of the molecule is Cc1nc2ccc(N(C)C(=O)c3cccc(-n4nc(C(F)(F)F)c5c4CCNC5)c3)cc2o1. The van der Waals surface area contributed by atoms with Crippen molar-refractivity contribution in [3.8, 4) is 5.69 Å². The monoisotopic (exact) mass is 455 g/mol. The lowest BCUT2D eigenvalue weighted by Crippen LogP contribution is -2.26. The van der Waals surface area contributed by atoms with Crippen LogP contribution in [0, 0.1) is 6.92 Å². The summed E-state index contributed by atoms with van der Waals surface area (Å²) < 4.78 is 47.5. The fraction of sp³-hybridized carbons (Fsp3) is 0.261. The van der Waals surface area contributed by atoms with Crippen molar-refractivity contribution in [1.29, 1.82) is 0 Å². The second-order valence-corrected chi connectivity index (χ2v) is 7.91. The van der Waals surface area contributed by atoms with E-state index in [1.165, 1.54) is 9.58 Å². The van der Waals surface area contributed by atoms with Crippen LogP contribution in [0.2, 0.25) is 0 Å². The van der Waals surface area contributed by atoms with E-state index in [4.69, 9.17) is 4.42 Å². The molecule has 1 N–H and O–H groups in total. The van der Waals surface area contributed by atoms with Gasteiger partial charge in [0.1, 0.15) is 5.52 Å². The van der Waals surface area contributed by atoms with Crippen molar-refractivity contribution in [3.05, 3.63) is 70.9 Å². The highest BCUT2D eigenvalue weighted by molar-refractivity contribution is 6.06. The molecule has 1 aliphatic rings. The van der Waals surface area contributed by atoms with Gasteiger partial charge in [0.25, 0.3) is 5.91 Å². The zero-order chi connectivity index (χ0) is 23.3. The minimum atomic E-state index is -4.56. The highest BCUT2D eigenvalue weighted by Gasteiger charge is 2.39. The number of hydrogen-bond donors (Lipinski definition) is 1. The number of aryl methyl sites for hydroxylation is 1. The first-order valence-corrected chi connectivity index (χ1v) is 10.4. The Balaban J connectivity index is 1.50. The Morgan fingerprint density at radius 3 is 2.82 bits per heavy atom. The average Bonchev–Trinajstić information content (AvgIpc) is 3.37. The average molecular weight is 455 g/mol.